The van der Waals surface area contributed by atoms with Crippen molar-refractivity contribution in [3.8, 4) is 0 Å². The van der Waals surface area contributed by atoms with Crippen LogP contribution in [-0.2, 0) is 9.53 Å². The molecule has 0 saturated heterocycles. The predicted molar refractivity (Wildman–Crippen MR) is 62.7 cm³/mol. The standard InChI is InChI=1S/C9H16ClNO3S/c1-3-14-9(13)11-7(4-5-15-2)8(12)6-10/h7H,3-6H2,1-2H3,(H,11,13). The lowest BCUT2D eigenvalue weighted by Crippen LogP contribution is -2.42. The molecule has 0 radical (unpaired) electrons. The second kappa shape index (κ2) is 8.85. The summed E-state index contributed by atoms with van der Waals surface area (Å²) in [6.45, 7) is 2.00. The Morgan fingerprint density at radius 3 is 2.67 bits per heavy atom. The molecule has 0 bridgehead atoms. The Morgan fingerprint density at radius 1 is 1.53 bits per heavy atom. The Labute approximate surface area is 99.1 Å². The lowest BCUT2D eigenvalue weighted by atomic mass is 10.1. The van der Waals surface area contributed by atoms with Crippen LogP contribution in [0.15, 0.2) is 0 Å². The molecule has 1 atom stereocenters. The van der Waals surface area contributed by atoms with Crippen LogP contribution in [0.3, 0.4) is 0 Å². The molecule has 0 aromatic rings. The summed E-state index contributed by atoms with van der Waals surface area (Å²) in [5.74, 6) is 0.518. The molecule has 0 aliphatic rings. The van der Waals surface area contributed by atoms with E-state index in [9.17, 15) is 9.59 Å². The van der Waals surface area contributed by atoms with Crippen LogP contribution in [0, 0.1) is 0 Å². The van der Waals surface area contributed by atoms with Gasteiger partial charge in [0.2, 0.25) is 0 Å². The number of halogens is 1. The monoisotopic (exact) mass is 253 g/mol. The van der Waals surface area contributed by atoms with Gasteiger partial charge in [-0.1, -0.05) is 0 Å². The molecule has 0 rings (SSSR count). The van der Waals surface area contributed by atoms with Crippen molar-refractivity contribution in [2.24, 2.45) is 0 Å². The fourth-order valence-corrected chi connectivity index (χ4v) is 1.62. The topological polar surface area (TPSA) is 55.4 Å². The third-order valence-corrected chi connectivity index (χ3v) is 2.61. The molecule has 0 aromatic carbocycles. The molecule has 0 heterocycles. The van der Waals surface area contributed by atoms with Crippen molar-refractivity contribution in [3.63, 3.8) is 0 Å². The lowest BCUT2D eigenvalue weighted by Gasteiger charge is -2.15. The summed E-state index contributed by atoms with van der Waals surface area (Å²) in [6, 6.07) is -0.533. The van der Waals surface area contributed by atoms with Gasteiger partial charge in [-0.25, -0.2) is 4.79 Å². The largest absolute Gasteiger partial charge is 0.450 e. The van der Waals surface area contributed by atoms with E-state index in [4.69, 9.17) is 16.3 Å². The van der Waals surface area contributed by atoms with E-state index in [0.29, 0.717) is 6.42 Å². The number of hydrogen-bond donors (Lipinski definition) is 1. The number of ketones is 1. The fraction of sp³-hybridized carbons (Fsp3) is 0.778. The number of nitrogens with one attached hydrogen (secondary N) is 1. The smallest absolute Gasteiger partial charge is 0.407 e. The van der Waals surface area contributed by atoms with Gasteiger partial charge in [0, 0.05) is 0 Å². The zero-order chi connectivity index (χ0) is 11.7. The average molecular weight is 254 g/mol. The van der Waals surface area contributed by atoms with Crippen LogP contribution in [0.4, 0.5) is 4.79 Å². The van der Waals surface area contributed by atoms with Crippen LogP contribution >= 0.6 is 23.4 Å². The lowest BCUT2D eigenvalue weighted by molar-refractivity contribution is -0.118. The van der Waals surface area contributed by atoms with E-state index in [1.165, 1.54) is 0 Å². The van der Waals surface area contributed by atoms with Gasteiger partial charge in [0.15, 0.2) is 5.78 Å². The third kappa shape index (κ3) is 6.62. The van der Waals surface area contributed by atoms with Crippen molar-refractivity contribution < 1.29 is 14.3 Å². The molecule has 15 heavy (non-hydrogen) atoms. The predicted octanol–water partition coefficient (Wildman–Crippen LogP) is 1.66. The van der Waals surface area contributed by atoms with Crippen LogP contribution in [0.5, 0.6) is 0 Å². The van der Waals surface area contributed by atoms with E-state index < -0.39 is 12.1 Å². The number of amides is 1. The zero-order valence-corrected chi connectivity index (χ0v) is 10.5. The molecule has 0 aliphatic carbocycles. The van der Waals surface area contributed by atoms with E-state index >= 15 is 0 Å². The van der Waals surface area contributed by atoms with E-state index in [1.54, 1.807) is 18.7 Å². The summed E-state index contributed by atoms with van der Waals surface area (Å²) >= 11 is 7.05. The van der Waals surface area contributed by atoms with Crippen molar-refractivity contribution in [2.75, 3.05) is 24.5 Å². The highest BCUT2D eigenvalue weighted by Crippen LogP contribution is 2.03. The van der Waals surface area contributed by atoms with Gasteiger partial charge < -0.3 is 10.1 Å². The molecular formula is C9H16ClNO3S. The number of ether oxygens (including phenoxy) is 1. The van der Waals surface area contributed by atoms with Gasteiger partial charge in [-0.05, 0) is 25.4 Å². The average Bonchev–Trinajstić information content (AvgIpc) is 2.23. The van der Waals surface area contributed by atoms with Crippen LogP contribution in [-0.4, -0.2) is 42.4 Å². The Bertz CT molecular complexity index is 214. The highest BCUT2D eigenvalue weighted by molar-refractivity contribution is 7.98. The van der Waals surface area contributed by atoms with Gasteiger partial charge in [-0.3, -0.25) is 4.79 Å². The Morgan fingerprint density at radius 2 is 2.20 bits per heavy atom. The number of thioether (sulfide) groups is 1. The number of rotatable bonds is 7. The van der Waals surface area contributed by atoms with Crippen molar-refractivity contribution in [2.45, 2.75) is 19.4 Å². The van der Waals surface area contributed by atoms with Gasteiger partial charge >= 0.3 is 6.09 Å². The summed E-state index contributed by atoms with van der Waals surface area (Å²) in [4.78, 5) is 22.4. The van der Waals surface area contributed by atoms with Gasteiger partial charge in [-0.15, -0.1) is 11.6 Å². The van der Waals surface area contributed by atoms with Crippen molar-refractivity contribution in [1.29, 1.82) is 0 Å². The number of hydrogen-bond acceptors (Lipinski definition) is 4. The second-order valence-electron chi connectivity index (χ2n) is 2.80. The van der Waals surface area contributed by atoms with Gasteiger partial charge in [0.1, 0.15) is 0 Å². The molecule has 88 valence electrons. The zero-order valence-electron chi connectivity index (χ0n) is 8.92. The minimum absolute atomic E-state index is 0.0918. The van der Waals surface area contributed by atoms with E-state index in [2.05, 4.69) is 5.32 Å². The quantitative estimate of drug-likeness (QED) is 0.701. The second-order valence-corrected chi connectivity index (χ2v) is 4.05. The summed E-state index contributed by atoms with van der Waals surface area (Å²) in [6.07, 6.45) is 1.94. The Hall–Kier alpha value is -0.420. The molecule has 0 spiro atoms. The first-order valence-corrected chi connectivity index (χ1v) is 6.59. The van der Waals surface area contributed by atoms with Crippen LogP contribution in [0.1, 0.15) is 13.3 Å². The first kappa shape index (κ1) is 14.6. The van der Waals surface area contributed by atoms with Crippen LogP contribution in [0.2, 0.25) is 0 Å². The molecule has 1 unspecified atom stereocenters. The summed E-state index contributed by atoms with van der Waals surface area (Å²) < 4.78 is 4.69. The maximum Gasteiger partial charge on any atom is 0.407 e. The van der Waals surface area contributed by atoms with E-state index in [0.717, 1.165) is 5.75 Å². The summed E-state index contributed by atoms with van der Waals surface area (Å²) in [5.41, 5.74) is 0. The van der Waals surface area contributed by atoms with Gasteiger partial charge in [0.05, 0.1) is 18.5 Å². The van der Waals surface area contributed by atoms with Crippen LogP contribution < -0.4 is 5.32 Å². The van der Waals surface area contributed by atoms with E-state index in [-0.39, 0.29) is 18.3 Å². The summed E-state index contributed by atoms with van der Waals surface area (Å²) in [5, 5.41) is 2.49. The van der Waals surface area contributed by atoms with Gasteiger partial charge in [-0.2, -0.15) is 11.8 Å². The first-order valence-electron chi connectivity index (χ1n) is 4.66. The number of alkyl carbamates (subject to hydrolysis) is 1. The Balaban J connectivity index is 4.11. The van der Waals surface area contributed by atoms with E-state index in [1.807, 2.05) is 6.26 Å². The molecule has 0 saturated carbocycles. The maximum atomic E-state index is 11.3. The maximum absolute atomic E-state index is 11.3. The fourth-order valence-electron chi connectivity index (χ4n) is 0.958. The molecule has 4 nitrogen and oxygen atoms in total. The molecule has 6 heteroatoms. The van der Waals surface area contributed by atoms with Gasteiger partial charge in [0.25, 0.3) is 0 Å². The number of alkyl halides is 1. The number of carbonyl (C=O) groups excluding carboxylic acids is 2. The number of Topliss-reactive ketones (excluding diaryl/α,β-unsaturated/α-hetero) is 1. The SMILES string of the molecule is CCOC(=O)NC(CCSC)C(=O)CCl. The highest BCUT2D eigenvalue weighted by atomic mass is 35.5. The minimum Gasteiger partial charge on any atom is -0.450 e. The normalized spacial score (nSPS) is 11.9. The van der Waals surface area contributed by atoms with Crippen LogP contribution in [0.25, 0.3) is 0 Å². The third-order valence-electron chi connectivity index (χ3n) is 1.70. The molecule has 1 N–H and O–H groups in total. The number of carbonyl (C=O) groups is 2. The molecular weight excluding hydrogens is 238 g/mol. The molecule has 0 aliphatic heterocycles. The molecule has 0 aromatic heterocycles. The molecule has 0 fully saturated rings. The van der Waals surface area contributed by atoms with Crippen molar-refractivity contribution in [3.05, 3.63) is 0 Å². The first-order chi connectivity index (χ1) is 7.15. The summed E-state index contributed by atoms with van der Waals surface area (Å²) in [7, 11) is 0. The Kier molecular flexibility index (Phi) is 8.61. The molecule has 1 amide bonds. The van der Waals surface area contributed by atoms with Crippen molar-refractivity contribution in [1.82, 2.24) is 5.32 Å². The highest BCUT2D eigenvalue weighted by Gasteiger charge is 2.19. The minimum atomic E-state index is -0.568. The van der Waals surface area contributed by atoms with Crippen molar-refractivity contribution >= 4 is 35.2 Å².